The van der Waals surface area contributed by atoms with Crippen molar-refractivity contribution in [3.05, 3.63) is 18.2 Å². The lowest BCUT2D eigenvalue weighted by Gasteiger charge is -2.29. The highest BCUT2D eigenvalue weighted by molar-refractivity contribution is 14.0. The molecular formula is C12H17IN4O3S. The van der Waals surface area contributed by atoms with E-state index < -0.39 is 10.0 Å². The molecule has 0 radical (unpaired) electrons. The molecule has 0 atom stereocenters. The molecule has 1 aromatic carbocycles. The van der Waals surface area contributed by atoms with Gasteiger partial charge in [-0.1, -0.05) is 0 Å². The largest absolute Gasteiger partial charge is 0.489 e. The van der Waals surface area contributed by atoms with Gasteiger partial charge in [-0.15, -0.1) is 24.0 Å². The maximum atomic E-state index is 11.8. The lowest BCUT2D eigenvalue weighted by molar-refractivity contribution is 0.316. The second-order valence-electron chi connectivity index (χ2n) is 4.65. The van der Waals surface area contributed by atoms with Gasteiger partial charge in [-0.2, -0.15) is 0 Å². The van der Waals surface area contributed by atoms with Crippen LogP contribution >= 0.6 is 24.0 Å². The average Bonchev–Trinajstić information content (AvgIpc) is 2.89. The van der Waals surface area contributed by atoms with Crippen molar-refractivity contribution in [2.75, 3.05) is 42.1 Å². The summed E-state index contributed by atoms with van der Waals surface area (Å²) >= 11 is 0. The quantitative estimate of drug-likeness (QED) is 0.688. The summed E-state index contributed by atoms with van der Waals surface area (Å²) in [6, 6.07) is 5.37. The number of hydrogen-bond donors (Lipinski definition) is 2. The van der Waals surface area contributed by atoms with Crippen LogP contribution in [-0.2, 0) is 10.0 Å². The minimum absolute atomic E-state index is 0. The predicted molar refractivity (Wildman–Crippen MR) is 93.5 cm³/mol. The van der Waals surface area contributed by atoms with E-state index >= 15 is 0 Å². The number of fused-ring (bicyclic) bond motifs is 1. The molecule has 0 spiro atoms. The number of anilines is 2. The number of hydrogen-bond acceptors (Lipinski definition) is 6. The molecule has 7 nitrogen and oxygen atoms in total. The zero-order valence-corrected chi connectivity index (χ0v) is 14.6. The van der Waals surface area contributed by atoms with Crippen molar-refractivity contribution in [2.24, 2.45) is 4.99 Å². The van der Waals surface area contributed by atoms with Crippen LogP contribution in [0.25, 0.3) is 0 Å². The van der Waals surface area contributed by atoms with Crippen LogP contribution in [0.3, 0.4) is 0 Å². The number of guanidine groups is 1. The van der Waals surface area contributed by atoms with E-state index in [1.165, 1.54) is 10.6 Å². The van der Waals surface area contributed by atoms with Gasteiger partial charge in [0.2, 0.25) is 10.0 Å². The Morgan fingerprint density at radius 1 is 1.43 bits per heavy atom. The maximum absolute atomic E-state index is 11.8. The molecule has 116 valence electrons. The van der Waals surface area contributed by atoms with Crippen molar-refractivity contribution in [1.29, 1.82) is 0 Å². The molecule has 0 aliphatic carbocycles. The van der Waals surface area contributed by atoms with Crippen LogP contribution in [0.15, 0.2) is 23.2 Å². The average molecular weight is 424 g/mol. The molecule has 9 heteroatoms. The van der Waals surface area contributed by atoms with Gasteiger partial charge in [-0.05, 0) is 18.2 Å². The van der Waals surface area contributed by atoms with Gasteiger partial charge in [0.25, 0.3) is 0 Å². The zero-order valence-electron chi connectivity index (χ0n) is 11.5. The Morgan fingerprint density at radius 3 is 2.90 bits per heavy atom. The smallest absolute Gasteiger partial charge is 0.232 e. The summed E-state index contributed by atoms with van der Waals surface area (Å²) in [5.74, 6) is 1.28. The molecule has 0 saturated carbocycles. The fraction of sp³-hybridized carbons (Fsp3) is 0.417. The van der Waals surface area contributed by atoms with E-state index in [2.05, 4.69) is 15.6 Å². The monoisotopic (exact) mass is 424 g/mol. The van der Waals surface area contributed by atoms with Crippen LogP contribution in [0.5, 0.6) is 5.75 Å². The minimum Gasteiger partial charge on any atom is -0.489 e. The van der Waals surface area contributed by atoms with Gasteiger partial charge in [-0.3, -0.25) is 9.30 Å². The van der Waals surface area contributed by atoms with Crippen molar-refractivity contribution in [2.45, 2.75) is 0 Å². The van der Waals surface area contributed by atoms with E-state index in [1.54, 1.807) is 12.1 Å². The molecular weight excluding hydrogens is 407 g/mol. The molecule has 2 aliphatic heterocycles. The number of ether oxygens (including phenoxy) is 1. The second kappa shape index (κ2) is 6.26. The second-order valence-corrected chi connectivity index (χ2v) is 6.56. The molecule has 1 aromatic rings. The maximum Gasteiger partial charge on any atom is 0.232 e. The van der Waals surface area contributed by atoms with Crippen molar-refractivity contribution in [1.82, 2.24) is 5.32 Å². The summed E-state index contributed by atoms with van der Waals surface area (Å²) in [4.78, 5) is 4.24. The topological polar surface area (TPSA) is 83.0 Å². The summed E-state index contributed by atoms with van der Waals surface area (Å²) in [7, 11) is -3.30. The van der Waals surface area contributed by atoms with Gasteiger partial charge < -0.3 is 15.4 Å². The number of nitrogens with zero attached hydrogens (tertiary/aromatic N) is 2. The first-order valence-corrected chi connectivity index (χ1v) is 8.19. The normalized spacial score (nSPS) is 17.0. The highest BCUT2D eigenvalue weighted by atomic mass is 127. The molecule has 21 heavy (non-hydrogen) atoms. The SMILES string of the molecule is CS(=O)(=O)N1CCOc2ccc(NC3=NCCN3)cc21.I. The molecule has 2 aliphatic rings. The van der Waals surface area contributed by atoms with Crippen molar-refractivity contribution in [3.8, 4) is 5.75 Å². The van der Waals surface area contributed by atoms with Gasteiger partial charge in [0.05, 0.1) is 25.0 Å². The number of rotatable bonds is 2. The fourth-order valence-corrected chi connectivity index (χ4v) is 3.14. The summed E-state index contributed by atoms with van der Waals surface area (Å²) in [6.45, 7) is 2.24. The van der Waals surface area contributed by atoms with E-state index in [1.807, 2.05) is 6.07 Å². The first-order valence-electron chi connectivity index (χ1n) is 6.34. The third kappa shape index (κ3) is 3.51. The molecule has 0 fully saturated rings. The summed E-state index contributed by atoms with van der Waals surface area (Å²) in [6.07, 6.45) is 1.20. The standard InChI is InChI=1S/C12H16N4O3S.HI/c1-20(17,18)16-6-7-19-11-3-2-9(8-10(11)16)15-12-13-4-5-14-12;/h2-3,8H,4-7H2,1H3,(H2,13,14,15);1H. The molecule has 2 N–H and O–H groups in total. The lowest BCUT2D eigenvalue weighted by atomic mass is 10.2. The van der Waals surface area contributed by atoms with E-state index in [4.69, 9.17) is 4.74 Å². The highest BCUT2D eigenvalue weighted by Crippen LogP contribution is 2.35. The fourth-order valence-electron chi connectivity index (χ4n) is 2.23. The van der Waals surface area contributed by atoms with Crippen molar-refractivity contribution in [3.63, 3.8) is 0 Å². The molecule has 0 amide bonds. The van der Waals surface area contributed by atoms with Crippen molar-refractivity contribution < 1.29 is 13.2 Å². The van der Waals surface area contributed by atoms with Gasteiger partial charge in [0.15, 0.2) is 5.96 Å². The van der Waals surface area contributed by atoms with E-state index in [0.29, 0.717) is 30.5 Å². The van der Waals surface area contributed by atoms with E-state index in [-0.39, 0.29) is 24.0 Å². The number of nitrogens with one attached hydrogen (secondary N) is 2. The summed E-state index contributed by atoms with van der Waals surface area (Å²) in [5.41, 5.74) is 1.33. The molecule has 0 bridgehead atoms. The first-order chi connectivity index (χ1) is 9.54. The number of sulfonamides is 1. The first kappa shape index (κ1) is 16.1. The third-order valence-corrected chi connectivity index (χ3v) is 4.30. The van der Waals surface area contributed by atoms with Crippen molar-refractivity contribution >= 4 is 51.3 Å². The summed E-state index contributed by atoms with van der Waals surface area (Å²) < 4.78 is 30.5. The Morgan fingerprint density at radius 2 is 2.24 bits per heavy atom. The molecule has 0 unspecified atom stereocenters. The predicted octanol–water partition coefficient (Wildman–Crippen LogP) is 0.834. The summed E-state index contributed by atoms with van der Waals surface area (Å²) in [5, 5.41) is 6.23. The van der Waals surface area contributed by atoms with Gasteiger partial charge in [-0.25, -0.2) is 8.42 Å². The van der Waals surface area contributed by atoms with E-state index in [9.17, 15) is 8.42 Å². The van der Waals surface area contributed by atoms with Crippen LogP contribution in [0, 0.1) is 0 Å². The van der Waals surface area contributed by atoms with Gasteiger partial charge in [0, 0.05) is 12.2 Å². The van der Waals surface area contributed by atoms with Gasteiger partial charge in [0.1, 0.15) is 12.4 Å². The Labute approximate surface area is 140 Å². The Bertz CT molecular complexity index is 662. The van der Waals surface area contributed by atoms with E-state index in [0.717, 1.165) is 18.8 Å². The molecule has 2 heterocycles. The molecule has 3 rings (SSSR count). The zero-order chi connectivity index (χ0) is 14.2. The Kier molecular flexibility index (Phi) is 4.81. The van der Waals surface area contributed by atoms with Crippen LogP contribution in [0.4, 0.5) is 11.4 Å². The number of aliphatic imine (C=N–C) groups is 1. The van der Waals surface area contributed by atoms with Crippen LogP contribution in [0.1, 0.15) is 0 Å². The number of benzene rings is 1. The Hall–Kier alpha value is -1.23. The highest BCUT2D eigenvalue weighted by Gasteiger charge is 2.25. The Balaban J connectivity index is 0.00000161. The molecule has 0 aromatic heterocycles. The molecule has 0 saturated heterocycles. The van der Waals surface area contributed by atoms with Crippen LogP contribution in [-0.4, -0.2) is 46.9 Å². The van der Waals surface area contributed by atoms with Gasteiger partial charge >= 0.3 is 0 Å². The van der Waals surface area contributed by atoms with Crippen LogP contribution < -0.4 is 19.7 Å². The number of halogens is 1. The van der Waals surface area contributed by atoms with Crippen LogP contribution in [0.2, 0.25) is 0 Å². The lowest BCUT2D eigenvalue weighted by Crippen LogP contribution is -2.37. The third-order valence-electron chi connectivity index (χ3n) is 3.12. The minimum atomic E-state index is -3.30.